The van der Waals surface area contributed by atoms with Crippen molar-refractivity contribution in [1.29, 1.82) is 0 Å². The Morgan fingerprint density at radius 1 is 1.29 bits per heavy atom. The number of aromatic nitrogens is 2. The van der Waals surface area contributed by atoms with Crippen LogP contribution in [-0.2, 0) is 21.8 Å². The minimum Gasteiger partial charge on any atom is -0.376 e. The number of nitrogens with one attached hydrogen (secondary N) is 1. The SMILES string of the molecule is Cn1cc(C(=O)NC[C@H]2CCCO2)c(S(=O)(=O)N2CCN(c3cccc(Cl)c3)CC2)n1. The Bertz CT molecular complexity index is 1040. The van der Waals surface area contributed by atoms with Gasteiger partial charge in [-0.25, -0.2) is 8.42 Å². The summed E-state index contributed by atoms with van der Waals surface area (Å²) >= 11 is 6.07. The lowest BCUT2D eigenvalue weighted by molar-refractivity contribution is 0.0855. The Labute approximate surface area is 187 Å². The van der Waals surface area contributed by atoms with E-state index in [-0.39, 0.29) is 16.7 Å². The number of amides is 1. The van der Waals surface area contributed by atoms with Gasteiger partial charge in [-0.1, -0.05) is 17.7 Å². The largest absolute Gasteiger partial charge is 0.376 e. The monoisotopic (exact) mass is 467 g/mol. The maximum Gasteiger partial charge on any atom is 0.263 e. The van der Waals surface area contributed by atoms with Gasteiger partial charge in [-0.15, -0.1) is 0 Å². The molecule has 1 N–H and O–H groups in total. The highest BCUT2D eigenvalue weighted by atomic mass is 35.5. The van der Waals surface area contributed by atoms with E-state index in [0.717, 1.165) is 18.5 Å². The zero-order chi connectivity index (χ0) is 22.0. The van der Waals surface area contributed by atoms with Crippen LogP contribution in [0.15, 0.2) is 35.5 Å². The van der Waals surface area contributed by atoms with Gasteiger partial charge in [-0.2, -0.15) is 9.40 Å². The van der Waals surface area contributed by atoms with Gasteiger partial charge in [0, 0.05) is 63.3 Å². The molecule has 4 rings (SSSR count). The van der Waals surface area contributed by atoms with Gasteiger partial charge in [-0.05, 0) is 31.0 Å². The molecule has 1 aromatic carbocycles. The first-order valence-corrected chi connectivity index (χ1v) is 12.1. The topological polar surface area (TPSA) is 96.8 Å². The van der Waals surface area contributed by atoms with E-state index in [1.165, 1.54) is 15.2 Å². The number of hydrogen-bond donors (Lipinski definition) is 1. The van der Waals surface area contributed by atoms with Crippen LogP contribution in [0, 0.1) is 0 Å². The fourth-order valence-corrected chi connectivity index (χ4v) is 5.63. The summed E-state index contributed by atoms with van der Waals surface area (Å²) in [7, 11) is -2.31. The first-order valence-electron chi connectivity index (χ1n) is 10.3. The number of rotatable bonds is 6. The zero-order valence-corrected chi connectivity index (χ0v) is 18.9. The fraction of sp³-hybridized carbons (Fsp3) is 0.500. The van der Waals surface area contributed by atoms with Crippen LogP contribution in [0.1, 0.15) is 23.2 Å². The number of piperazine rings is 1. The van der Waals surface area contributed by atoms with E-state index < -0.39 is 15.9 Å². The molecule has 1 atom stereocenters. The molecule has 9 nitrogen and oxygen atoms in total. The van der Waals surface area contributed by atoms with Crippen molar-refractivity contribution in [2.75, 3.05) is 44.2 Å². The number of benzene rings is 1. The molecule has 2 fully saturated rings. The van der Waals surface area contributed by atoms with Gasteiger partial charge < -0.3 is 15.0 Å². The lowest BCUT2D eigenvalue weighted by atomic mass is 10.2. The van der Waals surface area contributed by atoms with Crippen molar-refractivity contribution in [3.63, 3.8) is 0 Å². The summed E-state index contributed by atoms with van der Waals surface area (Å²) in [4.78, 5) is 14.8. The predicted molar refractivity (Wildman–Crippen MR) is 117 cm³/mol. The molecule has 2 saturated heterocycles. The highest BCUT2D eigenvalue weighted by Crippen LogP contribution is 2.24. The number of nitrogens with zero attached hydrogens (tertiary/aromatic N) is 4. The molecule has 0 spiro atoms. The van der Waals surface area contributed by atoms with Crippen molar-refractivity contribution < 1.29 is 17.9 Å². The third-order valence-electron chi connectivity index (χ3n) is 5.55. The van der Waals surface area contributed by atoms with Crippen LogP contribution in [-0.4, -0.2) is 73.8 Å². The van der Waals surface area contributed by atoms with Crippen LogP contribution in [0.25, 0.3) is 0 Å². The van der Waals surface area contributed by atoms with Crippen molar-refractivity contribution in [1.82, 2.24) is 19.4 Å². The molecule has 0 aliphatic carbocycles. The molecule has 0 radical (unpaired) electrons. The predicted octanol–water partition coefficient (Wildman–Crippen LogP) is 1.49. The van der Waals surface area contributed by atoms with Crippen LogP contribution in [0.4, 0.5) is 5.69 Å². The van der Waals surface area contributed by atoms with E-state index in [2.05, 4.69) is 15.3 Å². The molecule has 2 aliphatic rings. The molecular formula is C20H26ClN5O4S. The van der Waals surface area contributed by atoms with Gasteiger partial charge in [0.15, 0.2) is 0 Å². The van der Waals surface area contributed by atoms with Gasteiger partial charge in [0.2, 0.25) is 5.03 Å². The second-order valence-electron chi connectivity index (χ2n) is 7.74. The van der Waals surface area contributed by atoms with E-state index in [0.29, 0.717) is 44.4 Å². The van der Waals surface area contributed by atoms with Crippen molar-refractivity contribution in [2.24, 2.45) is 7.05 Å². The number of carbonyl (C=O) groups excluding carboxylic acids is 1. The van der Waals surface area contributed by atoms with E-state index in [9.17, 15) is 13.2 Å². The van der Waals surface area contributed by atoms with Crippen LogP contribution >= 0.6 is 11.6 Å². The average Bonchev–Trinajstić information content (AvgIpc) is 3.42. The third-order valence-corrected chi connectivity index (χ3v) is 7.62. The highest BCUT2D eigenvalue weighted by Gasteiger charge is 2.34. The van der Waals surface area contributed by atoms with Crippen LogP contribution in [0.2, 0.25) is 5.02 Å². The van der Waals surface area contributed by atoms with Gasteiger partial charge in [0.05, 0.1) is 11.7 Å². The molecule has 11 heteroatoms. The Morgan fingerprint density at radius 2 is 2.06 bits per heavy atom. The number of sulfonamides is 1. The molecule has 1 amide bonds. The smallest absolute Gasteiger partial charge is 0.263 e. The summed E-state index contributed by atoms with van der Waals surface area (Å²) in [5.41, 5.74) is 1.01. The highest BCUT2D eigenvalue weighted by molar-refractivity contribution is 7.89. The van der Waals surface area contributed by atoms with E-state index in [4.69, 9.17) is 16.3 Å². The first-order chi connectivity index (χ1) is 14.8. The molecular weight excluding hydrogens is 442 g/mol. The Balaban J connectivity index is 1.45. The number of ether oxygens (including phenoxy) is 1. The molecule has 0 bridgehead atoms. The van der Waals surface area contributed by atoms with Crippen molar-refractivity contribution in [3.8, 4) is 0 Å². The second kappa shape index (κ2) is 9.15. The van der Waals surface area contributed by atoms with Gasteiger partial charge >= 0.3 is 0 Å². The summed E-state index contributed by atoms with van der Waals surface area (Å²) < 4.78 is 34.8. The van der Waals surface area contributed by atoms with Gasteiger partial charge in [0.25, 0.3) is 15.9 Å². The van der Waals surface area contributed by atoms with Crippen LogP contribution < -0.4 is 10.2 Å². The minimum absolute atomic E-state index is 0.0276. The summed E-state index contributed by atoms with van der Waals surface area (Å²) in [6.07, 6.45) is 3.27. The summed E-state index contributed by atoms with van der Waals surface area (Å²) in [5.74, 6) is -0.459. The number of anilines is 1. The molecule has 3 heterocycles. The molecule has 2 aliphatic heterocycles. The zero-order valence-electron chi connectivity index (χ0n) is 17.3. The van der Waals surface area contributed by atoms with E-state index >= 15 is 0 Å². The lowest BCUT2D eigenvalue weighted by Gasteiger charge is -2.35. The number of aryl methyl sites for hydroxylation is 1. The van der Waals surface area contributed by atoms with Gasteiger partial charge in [0.1, 0.15) is 0 Å². The first kappa shape index (κ1) is 22.1. The van der Waals surface area contributed by atoms with Crippen LogP contribution in [0.5, 0.6) is 0 Å². The van der Waals surface area contributed by atoms with E-state index in [1.54, 1.807) is 13.1 Å². The lowest BCUT2D eigenvalue weighted by Crippen LogP contribution is -2.49. The van der Waals surface area contributed by atoms with Crippen LogP contribution in [0.3, 0.4) is 0 Å². The Kier molecular flexibility index (Phi) is 6.52. The summed E-state index contributed by atoms with van der Waals surface area (Å²) in [6.45, 7) is 2.67. The molecule has 0 saturated carbocycles. The molecule has 0 unspecified atom stereocenters. The molecule has 168 valence electrons. The standard InChI is InChI=1S/C20H26ClN5O4S/c1-24-14-18(19(27)22-13-17-6-3-11-30-17)20(23-24)31(28,29)26-9-7-25(8-10-26)16-5-2-4-15(21)12-16/h2,4-5,12,14,17H,3,6-11,13H2,1H3,(H,22,27)/t17-/m1/s1. The normalized spacial score (nSPS) is 20.2. The molecule has 1 aromatic heterocycles. The minimum atomic E-state index is -3.91. The van der Waals surface area contributed by atoms with Crippen molar-refractivity contribution in [2.45, 2.75) is 24.0 Å². The second-order valence-corrected chi connectivity index (χ2v) is 10.0. The fourth-order valence-electron chi connectivity index (χ4n) is 3.90. The summed E-state index contributed by atoms with van der Waals surface area (Å²) in [5, 5.41) is 7.32. The molecule has 2 aromatic rings. The number of halogens is 1. The van der Waals surface area contributed by atoms with Gasteiger partial charge in [-0.3, -0.25) is 9.48 Å². The van der Waals surface area contributed by atoms with E-state index in [1.807, 2.05) is 18.2 Å². The third kappa shape index (κ3) is 4.87. The van der Waals surface area contributed by atoms with Crippen molar-refractivity contribution in [3.05, 3.63) is 41.0 Å². The Morgan fingerprint density at radius 3 is 2.74 bits per heavy atom. The number of hydrogen-bond acceptors (Lipinski definition) is 6. The average molecular weight is 468 g/mol. The molecule has 31 heavy (non-hydrogen) atoms. The Hall–Kier alpha value is -2.14. The summed E-state index contributed by atoms with van der Waals surface area (Å²) in [6, 6.07) is 7.49. The van der Waals surface area contributed by atoms with Crippen molar-refractivity contribution >= 4 is 33.2 Å². The maximum atomic E-state index is 13.3. The number of carbonyl (C=O) groups is 1. The maximum absolute atomic E-state index is 13.3. The quantitative estimate of drug-likeness (QED) is 0.691.